The highest BCUT2D eigenvalue weighted by Gasteiger charge is 2.18. The largest absolute Gasteiger partial charge is 0.452 e. The van der Waals surface area contributed by atoms with Crippen molar-refractivity contribution in [2.45, 2.75) is 26.3 Å². The Morgan fingerprint density at radius 1 is 1.41 bits per heavy atom. The number of esters is 1. The van der Waals surface area contributed by atoms with Crippen LogP contribution in [0.4, 0.5) is 11.4 Å². The number of nitrogens with one attached hydrogen (secondary N) is 2. The first kappa shape index (κ1) is 17.4. The van der Waals surface area contributed by atoms with Crippen LogP contribution in [0.1, 0.15) is 30.6 Å². The highest BCUT2D eigenvalue weighted by molar-refractivity contribution is 5.93. The Morgan fingerprint density at radius 3 is 2.64 bits per heavy atom. The van der Waals surface area contributed by atoms with Crippen LogP contribution in [0.15, 0.2) is 18.2 Å². The van der Waals surface area contributed by atoms with Crippen LogP contribution in [0, 0.1) is 10.1 Å². The van der Waals surface area contributed by atoms with Gasteiger partial charge in [0.1, 0.15) is 5.69 Å². The molecule has 22 heavy (non-hydrogen) atoms. The fraction of sp³-hybridized carbons (Fsp3) is 0.429. The maximum atomic E-state index is 11.8. The van der Waals surface area contributed by atoms with E-state index in [0.29, 0.717) is 0 Å². The van der Waals surface area contributed by atoms with Crippen molar-refractivity contribution in [2.75, 3.05) is 19.0 Å². The van der Waals surface area contributed by atoms with E-state index in [2.05, 4.69) is 10.6 Å². The van der Waals surface area contributed by atoms with Gasteiger partial charge in [-0.15, -0.1) is 0 Å². The summed E-state index contributed by atoms with van der Waals surface area (Å²) in [5.41, 5.74) is 0.0686. The zero-order valence-electron chi connectivity index (χ0n) is 12.7. The first-order chi connectivity index (χ1) is 10.4. The van der Waals surface area contributed by atoms with Gasteiger partial charge in [-0.1, -0.05) is 6.92 Å². The highest BCUT2D eigenvalue weighted by Crippen LogP contribution is 2.25. The predicted octanol–water partition coefficient (Wildman–Crippen LogP) is 1.71. The molecule has 0 aromatic heterocycles. The van der Waals surface area contributed by atoms with Crippen LogP contribution in [0.5, 0.6) is 0 Å². The lowest BCUT2D eigenvalue weighted by Gasteiger charge is -2.11. The van der Waals surface area contributed by atoms with Crippen molar-refractivity contribution in [2.24, 2.45) is 0 Å². The van der Waals surface area contributed by atoms with E-state index in [0.717, 1.165) is 12.5 Å². The number of nitro benzene ring substituents is 1. The number of nitrogens with zero attached hydrogens (tertiary/aromatic N) is 1. The van der Waals surface area contributed by atoms with E-state index in [1.807, 2.05) is 13.8 Å². The van der Waals surface area contributed by atoms with Gasteiger partial charge in [-0.3, -0.25) is 14.9 Å². The standard InChI is InChI=1S/C14H19N3O5/c1-4-9(2)16-13(18)8-22-14(19)10-5-6-11(15-3)12(7-10)17(20)21/h5-7,9,15H,4,8H2,1-3H3,(H,16,18)/t9-/m0/s1. The van der Waals surface area contributed by atoms with Crippen LogP contribution in [0.2, 0.25) is 0 Å². The van der Waals surface area contributed by atoms with E-state index >= 15 is 0 Å². The SMILES string of the molecule is CC[C@H](C)NC(=O)COC(=O)c1ccc(NC)c([N+](=O)[O-])c1. The fourth-order valence-corrected chi connectivity index (χ4v) is 1.65. The van der Waals surface area contributed by atoms with E-state index in [4.69, 9.17) is 4.74 Å². The van der Waals surface area contributed by atoms with E-state index in [1.165, 1.54) is 12.1 Å². The average Bonchev–Trinajstić information content (AvgIpc) is 2.51. The summed E-state index contributed by atoms with van der Waals surface area (Å²) >= 11 is 0. The van der Waals surface area contributed by atoms with Crippen LogP contribution in [-0.4, -0.2) is 36.5 Å². The van der Waals surface area contributed by atoms with Gasteiger partial charge in [0.2, 0.25) is 0 Å². The third-order valence-electron chi connectivity index (χ3n) is 3.05. The molecule has 0 bridgehead atoms. The molecule has 0 fully saturated rings. The molecule has 0 saturated carbocycles. The van der Waals surface area contributed by atoms with Crippen molar-refractivity contribution in [3.63, 3.8) is 0 Å². The first-order valence-corrected chi connectivity index (χ1v) is 6.81. The molecule has 1 aromatic rings. The number of hydrogen-bond acceptors (Lipinski definition) is 6. The van der Waals surface area contributed by atoms with Crippen molar-refractivity contribution < 1.29 is 19.2 Å². The Labute approximate surface area is 128 Å². The first-order valence-electron chi connectivity index (χ1n) is 6.81. The van der Waals surface area contributed by atoms with Crippen LogP contribution >= 0.6 is 0 Å². The molecular formula is C14H19N3O5. The third kappa shape index (κ3) is 4.72. The number of benzene rings is 1. The summed E-state index contributed by atoms with van der Waals surface area (Å²) in [6, 6.07) is 3.91. The molecular weight excluding hydrogens is 290 g/mol. The number of carbonyl (C=O) groups excluding carboxylic acids is 2. The second-order valence-corrected chi connectivity index (χ2v) is 4.69. The summed E-state index contributed by atoms with van der Waals surface area (Å²) in [6.07, 6.45) is 0.761. The van der Waals surface area contributed by atoms with E-state index in [9.17, 15) is 19.7 Å². The highest BCUT2D eigenvalue weighted by atomic mass is 16.6. The Bertz CT molecular complexity index is 574. The lowest BCUT2D eigenvalue weighted by molar-refractivity contribution is -0.384. The smallest absolute Gasteiger partial charge is 0.338 e. The summed E-state index contributed by atoms with van der Waals surface area (Å²) in [7, 11) is 1.54. The summed E-state index contributed by atoms with van der Waals surface area (Å²) < 4.78 is 4.85. The molecule has 1 amide bonds. The molecule has 1 rings (SSSR count). The molecule has 8 nitrogen and oxygen atoms in total. The molecule has 0 aliphatic heterocycles. The minimum Gasteiger partial charge on any atom is -0.452 e. The van der Waals surface area contributed by atoms with Crippen molar-refractivity contribution >= 4 is 23.3 Å². The molecule has 0 aliphatic carbocycles. The van der Waals surface area contributed by atoms with Crippen LogP contribution in [-0.2, 0) is 9.53 Å². The normalized spacial score (nSPS) is 11.4. The molecule has 1 atom stereocenters. The van der Waals surface area contributed by atoms with Gasteiger partial charge in [0.25, 0.3) is 11.6 Å². The maximum absolute atomic E-state index is 11.8. The molecule has 0 saturated heterocycles. The van der Waals surface area contributed by atoms with Crippen LogP contribution in [0.25, 0.3) is 0 Å². The Hall–Kier alpha value is -2.64. The molecule has 0 aliphatic rings. The summed E-state index contributed by atoms with van der Waals surface area (Å²) in [6.45, 7) is 3.32. The van der Waals surface area contributed by atoms with Crippen LogP contribution < -0.4 is 10.6 Å². The minimum absolute atomic E-state index is 0.0119. The Balaban J connectivity index is 2.72. The van der Waals surface area contributed by atoms with Crippen molar-refractivity contribution in [3.8, 4) is 0 Å². The molecule has 0 radical (unpaired) electrons. The zero-order chi connectivity index (χ0) is 16.7. The summed E-state index contributed by atoms with van der Waals surface area (Å²) in [5.74, 6) is -1.20. The number of ether oxygens (including phenoxy) is 1. The second-order valence-electron chi connectivity index (χ2n) is 4.69. The predicted molar refractivity (Wildman–Crippen MR) is 80.8 cm³/mol. The molecule has 0 spiro atoms. The van der Waals surface area contributed by atoms with Gasteiger partial charge in [0.15, 0.2) is 6.61 Å². The van der Waals surface area contributed by atoms with E-state index < -0.39 is 23.4 Å². The second kappa shape index (κ2) is 7.96. The molecule has 120 valence electrons. The number of carbonyl (C=O) groups is 2. The number of amides is 1. The topological polar surface area (TPSA) is 111 Å². The van der Waals surface area contributed by atoms with Gasteiger partial charge in [-0.05, 0) is 25.5 Å². The Kier molecular flexibility index (Phi) is 6.30. The van der Waals surface area contributed by atoms with Gasteiger partial charge in [-0.25, -0.2) is 4.79 Å². The van der Waals surface area contributed by atoms with Crippen molar-refractivity contribution in [1.29, 1.82) is 0 Å². The van der Waals surface area contributed by atoms with Gasteiger partial charge < -0.3 is 15.4 Å². The zero-order valence-corrected chi connectivity index (χ0v) is 12.7. The van der Waals surface area contributed by atoms with Crippen molar-refractivity contribution in [1.82, 2.24) is 5.32 Å². The molecule has 2 N–H and O–H groups in total. The van der Waals surface area contributed by atoms with Crippen LogP contribution in [0.3, 0.4) is 0 Å². The number of rotatable bonds is 7. The van der Waals surface area contributed by atoms with E-state index in [-0.39, 0.29) is 23.0 Å². The molecule has 0 heterocycles. The van der Waals surface area contributed by atoms with Crippen molar-refractivity contribution in [3.05, 3.63) is 33.9 Å². The third-order valence-corrected chi connectivity index (χ3v) is 3.05. The number of anilines is 1. The Morgan fingerprint density at radius 2 is 2.09 bits per heavy atom. The van der Waals surface area contributed by atoms with Gasteiger partial charge in [0, 0.05) is 19.2 Å². The average molecular weight is 309 g/mol. The van der Waals surface area contributed by atoms with Gasteiger partial charge in [-0.2, -0.15) is 0 Å². The number of hydrogen-bond donors (Lipinski definition) is 2. The molecule has 8 heteroatoms. The van der Waals surface area contributed by atoms with Gasteiger partial charge >= 0.3 is 5.97 Å². The lowest BCUT2D eigenvalue weighted by atomic mass is 10.1. The summed E-state index contributed by atoms with van der Waals surface area (Å²) in [5, 5.41) is 16.2. The monoisotopic (exact) mass is 309 g/mol. The van der Waals surface area contributed by atoms with E-state index in [1.54, 1.807) is 7.05 Å². The number of nitro groups is 1. The van der Waals surface area contributed by atoms with Gasteiger partial charge in [0.05, 0.1) is 10.5 Å². The lowest BCUT2D eigenvalue weighted by Crippen LogP contribution is -2.35. The molecule has 0 unspecified atom stereocenters. The molecule has 1 aromatic carbocycles. The fourth-order valence-electron chi connectivity index (χ4n) is 1.65. The summed E-state index contributed by atoms with van der Waals surface area (Å²) in [4.78, 5) is 33.7. The minimum atomic E-state index is -0.787. The quantitative estimate of drug-likeness (QED) is 0.450. The maximum Gasteiger partial charge on any atom is 0.338 e.